The van der Waals surface area contributed by atoms with Crippen LogP contribution in [0, 0.1) is 5.92 Å². The maximum atomic E-state index is 12.9. The first-order valence-corrected chi connectivity index (χ1v) is 10.9. The van der Waals surface area contributed by atoms with Crippen LogP contribution in [0.1, 0.15) is 55.5 Å². The Morgan fingerprint density at radius 1 is 1.00 bits per heavy atom. The third-order valence-corrected chi connectivity index (χ3v) is 5.89. The molecular formula is C24H25ClN2O3. The van der Waals surface area contributed by atoms with Crippen molar-refractivity contribution < 1.29 is 14.0 Å². The van der Waals surface area contributed by atoms with Crippen molar-refractivity contribution in [1.29, 1.82) is 0 Å². The van der Waals surface area contributed by atoms with E-state index >= 15 is 0 Å². The summed E-state index contributed by atoms with van der Waals surface area (Å²) in [6.45, 7) is 0. The number of hydrogen-bond acceptors (Lipinski definition) is 3. The van der Waals surface area contributed by atoms with Crippen LogP contribution in [0.2, 0.25) is 5.02 Å². The zero-order valence-corrected chi connectivity index (χ0v) is 17.5. The number of anilines is 2. The Morgan fingerprint density at radius 2 is 1.80 bits per heavy atom. The lowest BCUT2D eigenvalue weighted by molar-refractivity contribution is -0.116. The predicted molar refractivity (Wildman–Crippen MR) is 120 cm³/mol. The van der Waals surface area contributed by atoms with Crippen LogP contribution in [0.15, 0.2) is 52.9 Å². The van der Waals surface area contributed by atoms with Gasteiger partial charge in [-0.15, -0.1) is 0 Å². The van der Waals surface area contributed by atoms with Gasteiger partial charge in [-0.1, -0.05) is 61.9 Å². The second kappa shape index (κ2) is 9.35. The Kier molecular flexibility index (Phi) is 6.38. The lowest BCUT2D eigenvalue weighted by Gasteiger charge is -2.21. The summed E-state index contributed by atoms with van der Waals surface area (Å²) in [5.41, 5.74) is 1.53. The maximum absolute atomic E-state index is 12.9. The molecule has 4 rings (SSSR count). The first kappa shape index (κ1) is 20.5. The maximum Gasteiger partial charge on any atom is 0.293 e. The minimum Gasteiger partial charge on any atom is -0.449 e. The van der Waals surface area contributed by atoms with Crippen LogP contribution in [0.25, 0.3) is 11.0 Å². The van der Waals surface area contributed by atoms with Crippen LogP contribution in [-0.2, 0) is 4.79 Å². The molecule has 156 valence electrons. The Labute approximate surface area is 180 Å². The molecule has 1 saturated carbocycles. The van der Waals surface area contributed by atoms with E-state index in [-0.39, 0.29) is 11.7 Å². The van der Waals surface area contributed by atoms with E-state index in [4.69, 9.17) is 16.0 Å². The molecule has 3 aromatic rings. The molecule has 30 heavy (non-hydrogen) atoms. The number of furan rings is 1. The highest BCUT2D eigenvalue weighted by Crippen LogP contribution is 2.32. The summed E-state index contributed by atoms with van der Waals surface area (Å²) >= 11 is 6.01. The SMILES string of the molecule is O=C(CCC1CCCCC1)Nc1c(C(=O)Nc2cccc(Cl)c2)oc2ccccc12. The number of carbonyl (C=O) groups is 2. The Morgan fingerprint density at radius 3 is 2.60 bits per heavy atom. The van der Waals surface area contributed by atoms with Gasteiger partial charge in [0.1, 0.15) is 11.3 Å². The molecule has 1 aliphatic carbocycles. The smallest absolute Gasteiger partial charge is 0.293 e. The molecule has 0 radical (unpaired) electrons. The van der Waals surface area contributed by atoms with Gasteiger partial charge in [0, 0.05) is 22.5 Å². The molecule has 0 atom stereocenters. The highest BCUT2D eigenvalue weighted by Gasteiger charge is 2.23. The molecule has 0 saturated heterocycles. The molecular weight excluding hydrogens is 400 g/mol. The van der Waals surface area contributed by atoms with Crippen molar-refractivity contribution in [2.45, 2.75) is 44.9 Å². The average Bonchev–Trinajstić information content (AvgIpc) is 3.12. The summed E-state index contributed by atoms with van der Waals surface area (Å²) in [6, 6.07) is 14.2. The second-order valence-electron chi connectivity index (χ2n) is 7.86. The zero-order chi connectivity index (χ0) is 20.9. The van der Waals surface area contributed by atoms with Crippen molar-refractivity contribution in [1.82, 2.24) is 0 Å². The number of benzene rings is 2. The number of fused-ring (bicyclic) bond motifs is 1. The quantitative estimate of drug-likeness (QED) is 0.466. The van der Waals surface area contributed by atoms with Crippen LogP contribution in [0.4, 0.5) is 11.4 Å². The van der Waals surface area contributed by atoms with Gasteiger partial charge in [-0.05, 0) is 42.7 Å². The van der Waals surface area contributed by atoms with E-state index in [2.05, 4.69) is 10.6 Å². The van der Waals surface area contributed by atoms with Crippen LogP contribution < -0.4 is 10.6 Å². The Balaban J connectivity index is 1.52. The lowest BCUT2D eigenvalue weighted by Crippen LogP contribution is -2.18. The van der Waals surface area contributed by atoms with E-state index in [0.717, 1.165) is 6.42 Å². The van der Waals surface area contributed by atoms with Gasteiger partial charge in [-0.3, -0.25) is 9.59 Å². The third kappa shape index (κ3) is 4.85. The van der Waals surface area contributed by atoms with Gasteiger partial charge in [0.05, 0.1) is 0 Å². The number of nitrogens with one attached hydrogen (secondary N) is 2. The summed E-state index contributed by atoms with van der Waals surface area (Å²) < 4.78 is 5.80. The molecule has 6 heteroatoms. The molecule has 1 aliphatic rings. The molecule has 1 fully saturated rings. The molecule has 0 spiro atoms. The number of rotatable bonds is 6. The fourth-order valence-electron chi connectivity index (χ4n) is 4.10. The molecule has 1 aromatic heterocycles. The minimum atomic E-state index is -0.434. The summed E-state index contributed by atoms with van der Waals surface area (Å²) in [5.74, 6) is 0.179. The fraction of sp³-hybridized carbons (Fsp3) is 0.333. The average molecular weight is 425 g/mol. The number of carbonyl (C=O) groups excluding carboxylic acids is 2. The van der Waals surface area contributed by atoms with Gasteiger partial charge in [-0.2, -0.15) is 0 Å². The number of para-hydroxylation sites is 1. The van der Waals surface area contributed by atoms with Crippen molar-refractivity contribution in [2.75, 3.05) is 10.6 Å². The second-order valence-corrected chi connectivity index (χ2v) is 8.29. The van der Waals surface area contributed by atoms with Crippen molar-refractivity contribution in [3.8, 4) is 0 Å². The van der Waals surface area contributed by atoms with Gasteiger partial charge in [0.2, 0.25) is 11.7 Å². The number of amides is 2. The monoisotopic (exact) mass is 424 g/mol. The van der Waals surface area contributed by atoms with E-state index in [1.807, 2.05) is 18.2 Å². The fourth-order valence-corrected chi connectivity index (χ4v) is 4.29. The van der Waals surface area contributed by atoms with Gasteiger partial charge >= 0.3 is 0 Å². The van der Waals surface area contributed by atoms with Crippen molar-refractivity contribution in [3.05, 3.63) is 59.3 Å². The number of hydrogen-bond donors (Lipinski definition) is 2. The van der Waals surface area contributed by atoms with Crippen LogP contribution in [-0.4, -0.2) is 11.8 Å². The van der Waals surface area contributed by atoms with E-state index in [1.54, 1.807) is 30.3 Å². The van der Waals surface area contributed by atoms with Gasteiger partial charge in [0.25, 0.3) is 5.91 Å². The summed E-state index contributed by atoms with van der Waals surface area (Å²) in [7, 11) is 0. The molecule has 2 N–H and O–H groups in total. The molecule has 1 heterocycles. The molecule has 0 unspecified atom stereocenters. The molecule has 2 aromatic carbocycles. The van der Waals surface area contributed by atoms with Crippen LogP contribution >= 0.6 is 11.6 Å². The predicted octanol–water partition coefficient (Wildman–Crippen LogP) is 6.64. The lowest BCUT2D eigenvalue weighted by atomic mass is 9.86. The van der Waals surface area contributed by atoms with Crippen molar-refractivity contribution >= 4 is 45.8 Å². The third-order valence-electron chi connectivity index (χ3n) is 5.65. The Bertz CT molecular complexity index is 1050. The number of halogens is 1. The molecule has 5 nitrogen and oxygen atoms in total. The topological polar surface area (TPSA) is 71.3 Å². The highest BCUT2D eigenvalue weighted by molar-refractivity contribution is 6.31. The summed E-state index contributed by atoms with van der Waals surface area (Å²) in [6.07, 6.45) is 7.55. The van der Waals surface area contributed by atoms with Crippen LogP contribution in [0.5, 0.6) is 0 Å². The van der Waals surface area contributed by atoms with Gasteiger partial charge < -0.3 is 15.1 Å². The minimum absolute atomic E-state index is 0.0854. The largest absolute Gasteiger partial charge is 0.449 e. The van der Waals surface area contributed by atoms with E-state index in [1.165, 1.54) is 32.1 Å². The molecule has 0 bridgehead atoms. The van der Waals surface area contributed by atoms with Gasteiger partial charge in [0.15, 0.2) is 0 Å². The van der Waals surface area contributed by atoms with E-state index in [9.17, 15) is 9.59 Å². The Hall–Kier alpha value is -2.79. The zero-order valence-electron chi connectivity index (χ0n) is 16.7. The van der Waals surface area contributed by atoms with Crippen molar-refractivity contribution in [3.63, 3.8) is 0 Å². The first-order chi connectivity index (χ1) is 14.6. The summed E-state index contributed by atoms with van der Waals surface area (Å²) in [5, 5.41) is 6.95. The van der Waals surface area contributed by atoms with Crippen molar-refractivity contribution in [2.24, 2.45) is 5.92 Å². The summed E-state index contributed by atoms with van der Waals surface area (Å²) in [4.78, 5) is 25.6. The van der Waals surface area contributed by atoms with Crippen LogP contribution in [0.3, 0.4) is 0 Å². The van der Waals surface area contributed by atoms with Gasteiger partial charge in [-0.25, -0.2) is 0 Å². The van der Waals surface area contributed by atoms with E-state index < -0.39 is 5.91 Å². The molecule has 2 amide bonds. The highest BCUT2D eigenvalue weighted by atomic mass is 35.5. The first-order valence-electron chi connectivity index (χ1n) is 10.5. The van der Waals surface area contributed by atoms with E-state index in [0.29, 0.717) is 39.7 Å². The normalized spacial score (nSPS) is 14.6. The standard InChI is InChI=1S/C24H25ClN2O3/c25-17-9-6-10-18(15-17)26-24(29)23-22(19-11-4-5-12-20(19)30-23)27-21(28)14-13-16-7-2-1-3-8-16/h4-6,9-12,15-16H,1-3,7-8,13-14H2,(H,26,29)(H,27,28). The molecule has 0 aliphatic heterocycles.